The van der Waals surface area contributed by atoms with Crippen molar-refractivity contribution < 1.29 is 17.9 Å². The summed E-state index contributed by atoms with van der Waals surface area (Å²) in [6.07, 6.45) is 1.73. The lowest BCUT2D eigenvalue weighted by molar-refractivity contribution is -0.122. The monoisotopic (exact) mass is 438 g/mol. The third kappa shape index (κ3) is 5.64. The van der Waals surface area contributed by atoms with Crippen LogP contribution in [-0.4, -0.2) is 33.7 Å². The summed E-state index contributed by atoms with van der Waals surface area (Å²) < 4.78 is 31.3. The zero-order valence-electron chi connectivity index (χ0n) is 17.3. The van der Waals surface area contributed by atoms with Crippen molar-refractivity contribution in [3.8, 4) is 5.75 Å². The molecule has 0 aliphatic heterocycles. The van der Waals surface area contributed by atoms with Gasteiger partial charge in [-0.1, -0.05) is 36.7 Å². The molecule has 0 aliphatic carbocycles. The number of methoxy groups -OCH3 is 1. The fourth-order valence-electron chi connectivity index (χ4n) is 3.15. The van der Waals surface area contributed by atoms with E-state index in [0.29, 0.717) is 22.7 Å². The molecule has 8 heteroatoms. The minimum atomic E-state index is -3.72. The summed E-state index contributed by atoms with van der Waals surface area (Å²) in [6, 6.07) is 11.2. The van der Waals surface area contributed by atoms with Gasteiger partial charge in [-0.3, -0.25) is 9.10 Å². The second kappa shape index (κ2) is 9.50. The molecular formula is C21H27ClN2O4S. The van der Waals surface area contributed by atoms with Crippen molar-refractivity contribution in [3.63, 3.8) is 0 Å². The first-order chi connectivity index (χ1) is 13.6. The molecule has 6 nitrogen and oxygen atoms in total. The van der Waals surface area contributed by atoms with E-state index in [0.717, 1.165) is 21.9 Å². The minimum absolute atomic E-state index is 0.252. The van der Waals surface area contributed by atoms with Crippen molar-refractivity contribution >= 4 is 33.2 Å². The fraction of sp³-hybridized carbons (Fsp3) is 0.381. The van der Waals surface area contributed by atoms with Crippen LogP contribution in [-0.2, 0) is 14.8 Å². The Morgan fingerprint density at radius 2 is 1.83 bits per heavy atom. The summed E-state index contributed by atoms with van der Waals surface area (Å²) in [5.41, 5.74) is 2.01. The molecule has 0 saturated heterocycles. The van der Waals surface area contributed by atoms with Gasteiger partial charge in [0.2, 0.25) is 15.9 Å². The smallest absolute Gasteiger partial charge is 0.244 e. The van der Waals surface area contributed by atoms with E-state index in [-0.39, 0.29) is 6.04 Å². The second-order valence-corrected chi connectivity index (χ2v) is 9.20. The Morgan fingerprint density at radius 3 is 2.34 bits per heavy atom. The summed E-state index contributed by atoms with van der Waals surface area (Å²) in [5, 5.41) is 3.36. The van der Waals surface area contributed by atoms with Crippen molar-refractivity contribution in [1.82, 2.24) is 5.32 Å². The summed E-state index contributed by atoms with van der Waals surface area (Å²) in [7, 11) is -2.13. The van der Waals surface area contributed by atoms with E-state index in [1.807, 2.05) is 31.2 Å². The zero-order valence-corrected chi connectivity index (χ0v) is 18.8. The number of benzene rings is 2. The largest absolute Gasteiger partial charge is 0.497 e. The molecule has 2 unspecified atom stereocenters. The molecule has 0 heterocycles. The predicted molar refractivity (Wildman–Crippen MR) is 117 cm³/mol. The molecule has 2 aromatic rings. The van der Waals surface area contributed by atoms with Crippen LogP contribution in [0, 0.1) is 6.92 Å². The lowest BCUT2D eigenvalue weighted by Crippen LogP contribution is -2.48. The molecular weight excluding hydrogens is 412 g/mol. The Balaban J connectivity index is 2.31. The van der Waals surface area contributed by atoms with Crippen molar-refractivity contribution in [2.24, 2.45) is 0 Å². The first-order valence-electron chi connectivity index (χ1n) is 9.28. The quantitative estimate of drug-likeness (QED) is 0.673. The fourth-order valence-corrected chi connectivity index (χ4v) is 4.54. The van der Waals surface area contributed by atoms with E-state index < -0.39 is 22.0 Å². The van der Waals surface area contributed by atoms with E-state index >= 15 is 0 Å². The molecule has 1 amide bonds. The third-order valence-electron chi connectivity index (χ3n) is 4.74. The second-order valence-electron chi connectivity index (χ2n) is 6.91. The number of hydrogen-bond acceptors (Lipinski definition) is 4. The van der Waals surface area contributed by atoms with Gasteiger partial charge in [0, 0.05) is 5.02 Å². The normalized spacial score (nSPS) is 13.4. The topological polar surface area (TPSA) is 75.7 Å². The summed E-state index contributed by atoms with van der Waals surface area (Å²) in [6.45, 7) is 5.30. The van der Waals surface area contributed by atoms with Crippen LogP contribution < -0.4 is 14.4 Å². The standard InChI is InChI=1S/C21H27ClN2O4S/c1-6-19(16-8-11-18(28-4)12-9-16)23-21(25)15(3)24(29(5,26)27)20-13-17(22)10-7-14(20)2/h7-13,15,19H,6H2,1-5H3,(H,23,25). The number of nitrogens with one attached hydrogen (secondary N) is 1. The van der Waals surface area contributed by atoms with Crippen molar-refractivity contribution in [2.75, 3.05) is 17.7 Å². The number of rotatable bonds is 8. The third-order valence-corrected chi connectivity index (χ3v) is 6.20. The van der Waals surface area contributed by atoms with Crippen LogP contribution in [0.4, 0.5) is 5.69 Å². The highest BCUT2D eigenvalue weighted by Gasteiger charge is 2.31. The van der Waals surface area contributed by atoms with E-state index in [4.69, 9.17) is 16.3 Å². The Kier molecular flexibility index (Phi) is 7.54. The summed E-state index contributed by atoms with van der Waals surface area (Å²) in [4.78, 5) is 13.0. The molecule has 0 aromatic heterocycles. The zero-order chi connectivity index (χ0) is 21.8. The minimum Gasteiger partial charge on any atom is -0.497 e. The molecule has 29 heavy (non-hydrogen) atoms. The van der Waals surface area contributed by atoms with Gasteiger partial charge in [-0.25, -0.2) is 8.42 Å². The van der Waals surface area contributed by atoms with Gasteiger partial charge in [-0.05, 0) is 55.7 Å². The maximum absolute atomic E-state index is 13.0. The number of anilines is 1. The highest BCUT2D eigenvalue weighted by atomic mass is 35.5. The molecule has 1 N–H and O–H groups in total. The highest BCUT2D eigenvalue weighted by molar-refractivity contribution is 7.92. The Bertz CT molecular complexity index is 961. The van der Waals surface area contributed by atoms with Crippen molar-refractivity contribution in [1.29, 1.82) is 0 Å². The van der Waals surface area contributed by atoms with Crippen LogP contribution in [0.2, 0.25) is 5.02 Å². The molecule has 0 aliphatic rings. The molecule has 0 saturated carbocycles. The number of carbonyl (C=O) groups excluding carboxylic acids is 1. The van der Waals surface area contributed by atoms with E-state index in [2.05, 4.69) is 5.32 Å². The van der Waals surface area contributed by atoms with Gasteiger partial charge in [0.05, 0.1) is 25.1 Å². The first kappa shape index (κ1) is 23.0. The van der Waals surface area contributed by atoms with Gasteiger partial charge < -0.3 is 10.1 Å². The molecule has 2 rings (SSSR count). The summed E-state index contributed by atoms with van der Waals surface area (Å²) >= 11 is 6.07. The van der Waals surface area contributed by atoms with E-state index in [1.165, 1.54) is 0 Å². The van der Waals surface area contributed by atoms with Crippen LogP contribution in [0.1, 0.15) is 37.4 Å². The van der Waals surface area contributed by atoms with Gasteiger partial charge in [-0.15, -0.1) is 0 Å². The number of aryl methyl sites for hydroxylation is 1. The maximum atomic E-state index is 13.0. The SMILES string of the molecule is CCC(NC(=O)C(C)N(c1cc(Cl)ccc1C)S(C)(=O)=O)c1ccc(OC)cc1. The van der Waals surface area contributed by atoms with Gasteiger partial charge in [0.15, 0.2) is 0 Å². The first-order valence-corrected chi connectivity index (χ1v) is 11.5. The van der Waals surface area contributed by atoms with Crippen molar-refractivity contribution in [3.05, 3.63) is 58.6 Å². The van der Waals surface area contributed by atoms with Crippen LogP contribution in [0.3, 0.4) is 0 Å². The van der Waals surface area contributed by atoms with Crippen molar-refractivity contribution in [2.45, 2.75) is 39.3 Å². The van der Waals surface area contributed by atoms with Crippen LogP contribution >= 0.6 is 11.6 Å². The van der Waals surface area contributed by atoms with Gasteiger partial charge in [0.25, 0.3) is 0 Å². The number of nitrogens with zero attached hydrogens (tertiary/aromatic N) is 1. The lowest BCUT2D eigenvalue weighted by atomic mass is 10.0. The number of carbonyl (C=O) groups is 1. The highest BCUT2D eigenvalue weighted by Crippen LogP contribution is 2.29. The van der Waals surface area contributed by atoms with E-state index in [9.17, 15) is 13.2 Å². The molecule has 0 radical (unpaired) electrons. The average Bonchev–Trinajstić information content (AvgIpc) is 2.67. The van der Waals surface area contributed by atoms with Crippen LogP contribution in [0.15, 0.2) is 42.5 Å². The summed E-state index contributed by atoms with van der Waals surface area (Å²) in [5.74, 6) is 0.334. The molecule has 0 bridgehead atoms. The van der Waals surface area contributed by atoms with Crippen LogP contribution in [0.25, 0.3) is 0 Å². The Labute approximate surface area is 177 Å². The Hall–Kier alpha value is -2.25. The average molecular weight is 439 g/mol. The number of sulfonamides is 1. The molecule has 2 atom stereocenters. The van der Waals surface area contributed by atoms with Gasteiger partial charge in [0.1, 0.15) is 11.8 Å². The number of halogens is 1. The number of amides is 1. The Morgan fingerprint density at radius 1 is 1.21 bits per heavy atom. The lowest BCUT2D eigenvalue weighted by Gasteiger charge is -2.31. The number of hydrogen-bond donors (Lipinski definition) is 1. The molecule has 2 aromatic carbocycles. The number of ether oxygens (including phenoxy) is 1. The molecule has 158 valence electrons. The molecule has 0 fully saturated rings. The molecule has 0 spiro atoms. The van der Waals surface area contributed by atoms with E-state index in [1.54, 1.807) is 39.2 Å². The van der Waals surface area contributed by atoms with Gasteiger partial charge >= 0.3 is 0 Å². The van der Waals surface area contributed by atoms with Gasteiger partial charge in [-0.2, -0.15) is 0 Å². The predicted octanol–water partition coefficient (Wildman–Crippen LogP) is 4.08. The maximum Gasteiger partial charge on any atom is 0.244 e. The van der Waals surface area contributed by atoms with Crippen LogP contribution in [0.5, 0.6) is 5.75 Å².